The summed E-state index contributed by atoms with van der Waals surface area (Å²) in [6, 6.07) is 0.144. The lowest BCUT2D eigenvalue weighted by Crippen LogP contribution is -2.55. The molecule has 1 aromatic heterocycles. The van der Waals surface area contributed by atoms with Crippen molar-refractivity contribution in [2.75, 3.05) is 43.9 Å². The first-order chi connectivity index (χ1) is 8.13. The van der Waals surface area contributed by atoms with E-state index in [1.807, 2.05) is 4.90 Å². The molecule has 1 atom stereocenters. The van der Waals surface area contributed by atoms with Crippen LogP contribution >= 0.6 is 0 Å². The number of nitrogen functional groups attached to an aromatic ring is 1. The summed E-state index contributed by atoms with van der Waals surface area (Å²) in [6.45, 7) is 3.05. The molecule has 0 amide bonds. The minimum Gasteiger partial charge on any atom is -0.391 e. The second-order valence-electron chi connectivity index (χ2n) is 4.31. The molecule has 0 saturated carbocycles. The Kier molecular flexibility index (Phi) is 3.30. The molecular weight excluding hydrogens is 220 g/mol. The number of anilines is 2. The number of aromatic nitrogens is 2. The van der Waals surface area contributed by atoms with E-state index in [1.165, 1.54) is 6.33 Å². The SMILES string of the molecule is CN1CCN(c2nc[nH]c(=O)c2N)C(CN)C1. The molecule has 5 N–H and O–H groups in total. The van der Waals surface area contributed by atoms with Crippen LogP contribution in [0.25, 0.3) is 0 Å². The lowest BCUT2D eigenvalue weighted by Gasteiger charge is -2.40. The van der Waals surface area contributed by atoms with Gasteiger partial charge in [0.15, 0.2) is 5.82 Å². The highest BCUT2D eigenvalue weighted by molar-refractivity contribution is 5.61. The van der Waals surface area contributed by atoms with Crippen molar-refractivity contribution in [2.24, 2.45) is 5.73 Å². The molecule has 1 unspecified atom stereocenters. The second kappa shape index (κ2) is 4.72. The number of nitrogens with one attached hydrogen (secondary N) is 1. The average molecular weight is 238 g/mol. The van der Waals surface area contributed by atoms with Gasteiger partial charge in [-0.1, -0.05) is 0 Å². The summed E-state index contributed by atoms with van der Waals surface area (Å²) in [5, 5.41) is 0. The zero-order chi connectivity index (χ0) is 12.4. The van der Waals surface area contributed by atoms with Gasteiger partial charge < -0.3 is 26.3 Å². The van der Waals surface area contributed by atoms with E-state index in [1.54, 1.807) is 0 Å². The molecule has 17 heavy (non-hydrogen) atoms. The number of aromatic amines is 1. The standard InChI is InChI=1S/C10H18N6O/c1-15-2-3-16(7(4-11)5-15)9-8(12)10(17)14-6-13-9/h6-7H,2-5,11-12H2,1H3,(H,13,14,17). The Bertz CT molecular complexity index is 445. The minimum atomic E-state index is -0.301. The molecule has 0 bridgehead atoms. The summed E-state index contributed by atoms with van der Waals surface area (Å²) in [4.78, 5) is 22.3. The van der Waals surface area contributed by atoms with Crippen LogP contribution in [0.2, 0.25) is 0 Å². The Balaban J connectivity index is 2.32. The van der Waals surface area contributed by atoms with Crippen LogP contribution in [-0.2, 0) is 0 Å². The highest BCUT2D eigenvalue weighted by atomic mass is 16.1. The van der Waals surface area contributed by atoms with E-state index < -0.39 is 0 Å². The van der Waals surface area contributed by atoms with Crippen molar-refractivity contribution < 1.29 is 0 Å². The number of rotatable bonds is 2. The highest BCUT2D eigenvalue weighted by Gasteiger charge is 2.26. The van der Waals surface area contributed by atoms with Crippen LogP contribution in [-0.4, -0.2) is 54.1 Å². The van der Waals surface area contributed by atoms with Crippen molar-refractivity contribution >= 4 is 11.5 Å². The van der Waals surface area contributed by atoms with Crippen molar-refractivity contribution in [1.82, 2.24) is 14.9 Å². The highest BCUT2D eigenvalue weighted by Crippen LogP contribution is 2.20. The minimum absolute atomic E-state index is 0.144. The molecule has 2 heterocycles. The number of H-pyrrole nitrogens is 1. The average Bonchev–Trinajstić information content (AvgIpc) is 2.33. The molecule has 0 radical (unpaired) electrons. The number of piperazine rings is 1. The van der Waals surface area contributed by atoms with Gasteiger partial charge in [0.05, 0.1) is 12.4 Å². The van der Waals surface area contributed by atoms with Gasteiger partial charge in [-0.25, -0.2) is 4.98 Å². The number of nitrogens with two attached hydrogens (primary N) is 2. The lowest BCUT2D eigenvalue weighted by molar-refractivity contribution is 0.269. The molecule has 1 aromatic rings. The summed E-state index contributed by atoms with van der Waals surface area (Å²) in [7, 11) is 2.05. The Labute approximate surface area is 99.4 Å². The summed E-state index contributed by atoms with van der Waals surface area (Å²) < 4.78 is 0. The van der Waals surface area contributed by atoms with E-state index in [4.69, 9.17) is 11.5 Å². The molecule has 7 nitrogen and oxygen atoms in total. The predicted octanol–water partition coefficient (Wildman–Crippen LogP) is -1.57. The normalized spacial score (nSPS) is 21.8. The van der Waals surface area contributed by atoms with Gasteiger partial charge in [0.2, 0.25) is 0 Å². The van der Waals surface area contributed by atoms with Crippen LogP contribution < -0.4 is 21.9 Å². The molecule has 1 fully saturated rings. The molecule has 1 aliphatic rings. The molecule has 1 aliphatic heterocycles. The van der Waals surface area contributed by atoms with Gasteiger partial charge in [-0.3, -0.25) is 4.79 Å². The molecule has 1 saturated heterocycles. The number of likely N-dealkylation sites (N-methyl/N-ethyl adjacent to an activating group) is 1. The maximum atomic E-state index is 11.5. The summed E-state index contributed by atoms with van der Waals surface area (Å²) >= 11 is 0. The quantitative estimate of drug-likeness (QED) is 0.575. The third-order valence-corrected chi connectivity index (χ3v) is 3.10. The molecule has 0 aromatic carbocycles. The van der Waals surface area contributed by atoms with Crippen LogP contribution in [0.3, 0.4) is 0 Å². The van der Waals surface area contributed by atoms with Gasteiger partial charge in [-0.2, -0.15) is 0 Å². The van der Waals surface area contributed by atoms with Crippen LogP contribution in [0, 0.1) is 0 Å². The van der Waals surface area contributed by atoms with Crippen LogP contribution in [0.4, 0.5) is 11.5 Å². The third kappa shape index (κ3) is 2.25. The van der Waals surface area contributed by atoms with E-state index in [0.29, 0.717) is 12.4 Å². The fourth-order valence-electron chi connectivity index (χ4n) is 2.12. The lowest BCUT2D eigenvalue weighted by atomic mass is 10.1. The monoisotopic (exact) mass is 238 g/mol. The van der Waals surface area contributed by atoms with Crippen LogP contribution in [0.1, 0.15) is 0 Å². The van der Waals surface area contributed by atoms with Gasteiger partial charge in [0.25, 0.3) is 5.56 Å². The summed E-state index contributed by atoms with van der Waals surface area (Å²) in [5.41, 5.74) is 11.4. The van der Waals surface area contributed by atoms with Gasteiger partial charge in [-0.05, 0) is 7.05 Å². The van der Waals surface area contributed by atoms with Crippen molar-refractivity contribution in [2.45, 2.75) is 6.04 Å². The zero-order valence-electron chi connectivity index (χ0n) is 9.89. The molecular formula is C10H18N6O. The van der Waals surface area contributed by atoms with Crippen molar-refractivity contribution in [1.29, 1.82) is 0 Å². The Morgan fingerprint density at radius 1 is 1.59 bits per heavy atom. The maximum Gasteiger partial charge on any atom is 0.276 e. The summed E-state index contributed by atoms with van der Waals surface area (Å²) in [5.74, 6) is 0.539. The van der Waals surface area contributed by atoms with Crippen molar-refractivity contribution in [3.63, 3.8) is 0 Å². The number of hydrogen-bond donors (Lipinski definition) is 3. The van der Waals surface area contributed by atoms with Gasteiger partial charge in [-0.15, -0.1) is 0 Å². The van der Waals surface area contributed by atoms with E-state index in [0.717, 1.165) is 19.6 Å². The molecule has 7 heteroatoms. The van der Waals surface area contributed by atoms with E-state index in [2.05, 4.69) is 21.9 Å². The fraction of sp³-hybridized carbons (Fsp3) is 0.600. The first-order valence-electron chi connectivity index (χ1n) is 5.62. The van der Waals surface area contributed by atoms with E-state index in [9.17, 15) is 4.79 Å². The Morgan fingerprint density at radius 3 is 3.06 bits per heavy atom. The van der Waals surface area contributed by atoms with Crippen molar-refractivity contribution in [3.8, 4) is 0 Å². The Hall–Kier alpha value is -1.60. The molecule has 94 valence electrons. The van der Waals surface area contributed by atoms with Crippen LogP contribution in [0.5, 0.6) is 0 Å². The molecule has 0 aliphatic carbocycles. The molecule has 2 rings (SSSR count). The first kappa shape index (κ1) is 11.9. The topological polar surface area (TPSA) is 104 Å². The van der Waals surface area contributed by atoms with E-state index in [-0.39, 0.29) is 17.3 Å². The number of hydrogen-bond acceptors (Lipinski definition) is 6. The van der Waals surface area contributed by atoms with Gasteiger partial charge >= 0.3 is 0 Å². The van der Waals surface area contributed by atoms with Crippen molar-refractivity contribution in [3.05, 3.63) is 16.7 Å². The maximum absolute atomic E-state index is 11.5. The molecule has 0 spiro atoms. The largest absolute Gasteiger partial charge is 0.391 e. The number of nitrogens with zero attached hydrogens (tertiary/aromatic N) is 3. The first-order valence-corrected chi connectivity index (χ1v) is 5.62. The summed E-state index contributed by atoms with van der Waals surface area (Å²) in [6.07, 6.45) is 1.37. The van der Waals surface area contributed by atoms with E-state index >= 15 is 0 Å². The van der Waals surface area contributed by atoms with Gasteiger partial charge in [0, 0.05) is 26.2 Å². The predicted molar refractivity (Wildman–Crippen MR) is 67.0 cm³/mol. The van der Waals surface area contributed by atoms with Gasteiger partial charge in [0.1, 0.15) is 5.69 Å². The Morgan fingerprint density at radius 2 is 2.35 bits per heavy atom. The third-order valence-electron chi connectivity index (χ3n) is 3.10. The second-order valence-corrected chi connectivity index (χ2v) is 4.31. The fourth-order valence-corrected chi connectivity index (χ4v) is 2.12. The zero-order valence-corrected chi connectivity index (χ0v) is 9.89. The van der Waals surface area contributed by atoms with Crippen LogP contribution in [0.15, 0.2) is 11.1 Å². The smallest absolute Gasteiger partial charge is 0.276 e.